The second-order valence-corrected chi connectivity index (χ2v) is 9.78. The van der Waals surface area contributed by atoms with Gasteiger partial charge in [-0.25, -0.2) is 4.90 Å². The fourth-order valence-electron chi connectivity index (χ4n) is 5.37. The molecule has 35 heavy (non-hydrogen) atoms. The number of esters is 1. The van der Waals surface area contributed by atoms with Gasteiger partial charge < -0.3 is 9.64 Å². The second kappa shape index (κ2) is 8.80. The molecular weight excluding hydrogens is 444 g/mol. The van der Waals surface area contributed by atoms with Crippen molar-refractivity contribution >= 4 is 35.1 Å². The zero-order chi connectivity index (χ0) is 24.9. The number of amides is 3. The average molecular weight is 473 g/mol. The molecule has 2 fully saturated rings. The normalized spacial score (nSPS) is 25.9. The zero-order valence-corrected chi connectivity index (χ0v) is 20.1. The largest absolute Gasteiger partial charge is 0.426 e. The minimum atomic E-state index is -0.567. The maximum absolute atomic E-state index is 13.1. The SMILES string of the molecule is Cc1ccc(N2C[C@H](C(=O)Oc3ccc(N4C(=O)[C@H]5[C@H](C)C=CC[C@H]5C4=O)c(C)c3)CC2=O)cc1. The van der Waals surface area contributed by atoms with Crippen LogP contribution in [0.4, 0.5) is 11.4 Å². The lowest BCUT2D eigenvalue weighted by Gasteiger charge is -2.22. The number of benzene rings is 2. The number of imide groups is 1. The average Bonchev–Trinajstić information content (AvgIpc) is 3.33. The Morgan fingerprint density at radius 1 is 1.00 bits per heavy atom. The number of ether oxygens (including phenoxy) is 1. The molecule has 7 nitrogen and oxygen atoms in total. The summed E-state index contributed by atoms with van der Waals surface area (Å²) < 4.78 is 5.60. The van der Waals surface area contributed by atoms with Gasteiger partial charge in [0, 0.05) is 18.7 Å². The number of nitrogens with zero attached hydrogens (tertiary/aromatic N) is 2. The Morgan fingerprint density at radius 2 is 1.74 bits per heavy atom. The molecule has 180 valence electrons. The van der Waals surface area contributed by atoms with Crippen molar-refractivity contribution in [2.24, 2.45) is 23.7 Å². The molecule has 0 spiro atoms. The first-order valence-electron chi connectivity index (χ1n) is 12.0. The van der Waals surface area contributed by atoms with E-state index in [4.69, 9.17) is 4.74 Å². The van der Waals surface area contributed by atoms with Crippen LogP contribution in [0.5, 0.6) is 5.75 Å². The molecule has 0 unspecified atom stereocenters. The van der Waals surface area contributed by atoms with E-state index in [0.29, 0.717) is 23.4 Å². The molecule has 0 bridgehead atoms. The molecule has 0 radical (unpaired) electrons. The molecule has 2 aromatic carbocycles. The van der Waals surface area contributed by atoms with Gasteiger partial charge in [0.2, 0.25) is 17.7 Å². The van der Waals surface area contributed by atoms with Crippen molar-refractivity contribution in [3.8, 4) is 5.75 Å². The van der Waals surface area contributed by atoms with Gasteiger partial charge in [-0.1, -0.05) is 36.8 Å². The van der Waals surface area contributed by atoms with Gasteiger partial charge >= 0.3 is 5.97 Å². The summed E-state index contributed by atoms with van der Waals surface area (Å²) >= 11 is 0. The molecule has 1 aliphatic carbocycles. The number of anilines is 2. The van der Waals surface area contributed by atoms with E-state index in [0.717, 1.165) is 11.3 Å². The maximum Gasteiger partial charge on any atom is 0.316 e. The molecule has 2 saturated heterocycles. The standard InChI is InChI=1S/C28H28N2O5/c1-16-7-9-20(10-8-16)29-15-19(14-24(29)31)28(34)35-21-11-12-23(18(3)13-21)30-26(32)22-6-4-5-17(2)25(22)27(30)33/h4-5,7-13,17,19,22,25H,6,14-15H2,1-3H3/t17-,19-,22-,25+/m1/s1. The minimum Gasteiger partial charge on any atom is -0.426 e. The number of carbonyl (C=O) groups is 4. The predicted molar refractivity (Wildman–Crippen MR) is 131 cm³/mol. The van der Waals surface area contributed by atoms with E-state index in [2.05, 4.69) is 0 Å². The summed E-state index contributed by atoms with van der Waals surface area (Å²) in [5.74, 6) is -1.82. The number of carbonyl (C=O) groups excluding carboxylic acids is 4. The quantitative estimate of drug-likeness (QED) is 0.291. The highest BCUT2D eigenvalue weighted by Gasteiger charge is 2.50. The van der Waals surface area contributed by atoms with Crippen molar-refractivity contribution in [2.45, 2.75) is 33.6 Å². The van der Waals surface area contributed by atoms with Crippen molar-refractivity contribution in [1.29, 1.82) is 0 Å². The van der Waals surface area contributed by atoms with E-state index in [9.17, 15) is 19.2 Å². The van der Waals surface area contributed by atoms with Gasteiger partial charge in [-0.05, 0) is 62.1 Å². The smallest absolute Gasteiger partial charge is 0.316 e. The van der Waals surface area contributed by atoms with Gasteiger partial charge in [-0.3, -0.25) is 19.2 Å². The van der Waals surface area contributed by atoms with Crippen LogP contribution in [0.2, 0.25) is 0 Å². The third-order valence-corrected chi connectivity index (χ3v) is 7.30. The van der Waals surface area contributed by atoms with Crippen LogP contribution in [0, 0.1) is 37.5 Å². The summed E-state index contributed by atoms with van der Waals surface area (Å²) in [5, 5.41) is 0. The number of hydrogen-bond donors (Lipinski definition) is 0. The van der Waals surface area contributed by atoms with Gasteiger partial charge in [0.05, 0.1) is 23.4 Å². The number of aryl methyl sites for hydroxylation is 2. The van der Waals surface area contributed by atoms with E-state index in [1.165, 1.54) is 4.90 Å². The maximum atomic E-state index is 13.1. The topological polar surface area (TPSA) is 84.0 Å². The van der Waals surface area contributed by atoms with Gasteiger partial charge in [-0.2, -0.15) is 0 Å². The summed E-state index contributed by atoms with van der Waals surface area (Å²) in [5.41, 5.74) is 3.04. The molecule has 2 aromatic rings. The molecule has 0 N–H and O–H groups in total. The van der Waals surface area contributed by atoms with E-state index in [1.807, 2.05) is 50.3 Å². The van der Waals surface area contributed by atoms with E-state index >= 15 is 0 Å². The molecule has 2 heterocycles. The van der Waals surface area contributed by atoms with E-state index in [1.54, 1.807) is 30.0 Å². The number of rotatable bonds is 4. The molecule has 5 rings (SSSR count). The van der Waals surface area contributed by atoms with Crippen LogP contribution in [0.3, 0.4) is 0 Å². The fraction of sp³-hybridized carbons (Fsp3) is 0.357. The van der Waals surface area contributed by atoms with Crippen molar-refractivity contribution in [3.05, 3.63) is 65.7 Å². The first kappa shape index (κ1) is 23.0. The number of allylic oxidation sites excluding steroid dienone is 2. The van der Waals surface area contributed by atoms with Crippen molar-refractivity contribution < 1.29 is 23.9 Å². The Hall–Kier alpha value is -3.74. The third kappa shape index (κ3) is 4.05. The number of hydrogen-bond acceptors (Lipinski definition) is 5. The minimum absolute atomic E-state index is 0.0179. The van der Waals surface area contributed by atoms with Crippen LogP contribution in [0.1, 0.15) is 30.9 Å². The monoisotopic (exact) mass is 472 g/mol. The van der Waals surface area contributed by atoms with Crippen molar-refractivity contribution in [3.63, 3.8) is 0 Å². The molecule has 3 aliphatic rings. The Bertz CT molecular complexity index is 1250. The molecule has 0 aromatic heterocycles. The molecule has 2 aliphatic heterocycles. The highest BCUT2D eigenvalue weighted by molar-refractivity contribution is 6.22. The van der Waals surface area contributed by atoms with Crippen LogP contribution >= 0.6 is 0 Å². The first-order chi connectivity index (χ1) is 16.7. The van der Waals surface area contributed by atoms with Crippen molar-refractivity contribution in [2.75, 3.05) is 16.3 Å². The van der Waals surface area contributed by atoms with Crippen LogP contribution in [-0.2, 0) is 19.2 Å². The summed E-state index contributed by atoms with van der Waals surface area (Å²) in [7, 11) is 0. The van der Waals surface area contributed by atoms with Gasteiger partial charge in [0.15, 0.2) is 0 Å². The molecule has 4 atom stereocenters. The lowest BCUT2D eigenvalue weighted by Crippen LogP contribution is -2.32. The summed E-state index contributed by atoms with van der Waals surface area (Å²) in [6.07, 6.45) is 4.64. The summed E-state index contributed by atoms with van der Waals surface area (Å²) in [6.45, 7) is 5.99. The highest BCUT2D eigenvalue weighted by atomic mass is 16.5. The highest BCUT2D eigenvalue weighted by Crippen LogP contribution is 2.41. The first-order valence-corrected chi connectivity index (χ1v) is 12.0. The van der Waals surface area contributed by atoms with Crippen LogP contribution in [-0.4, -0.2) is 30.2 Å². The Labute approximate surface area is 204 Å². The lowest BCUT2D eigenvalue weighted by atomic mass is 9.78. The van der Waals surface area contributed by atoms with Crippen LogP contribution in [0.25, 0.3) is 0 Å². The Balaban J connectivity index is 1.28. The zero-order valence-electron chi connectivity index (χ0n) is 20.1. The summed E-state index contributed by atoms with van der Waals surface area (Å²) in [4.78, 5) is 54.4. The van der Waals surface area contributed by atoms with Gasteiger partial charge in [-0.15, -0.1) is 0 Å². The predicted octanol–water partition coefficient (Wildman–Crippen LogP) is 3.96. The summed E-state index contributed by atoms with van der Waals surface area (Å²) in [6, 6.07) is 12.5. The van der Waals surface area contributed by atoms with E-state index < -0.39 is 11.9 Å². The third-order valence-electron chi connectivity index (χ3n) is 7.30. The van der Waals surface area contributed by atoms with E-state index in [-0.39, 0.29) is 48.4 Å². The molecule has 0 saturated carbocycles. The number of fused-ring (bicyclic) bond motifs is 1. The lowest BCUT2D eigenvalue weighted by molar-refractivity contribution is -0.139. The Morgan fingerprint density at radius 3 is 2.43 bits per heavy atom. The van der Waals surface area contributed by atoms with Crippen molar-refractivity contribution in [1.82, 2.24) is 0 Å². The van der Waals surface area contributed by atoms with Crippen LogP contribution < -0.4 is 14.5 Å². The van der Waals surface area contributed by atoms with Crippen LogP contribution in [0.15, 0.2) is 54.6 Å². The fourth-order valence-corrected chi connectivity index (χ4v) is 5.37. The molecule has 7 heteroatoms. The molecular formula is C28H28N2O5. The van der Waals surface area contributed by atoms with Gasteiger partial charge in [0.1, 0.15) is 5.75 Å². The second-order valence-electron chi connectivity index (χ2n) is 9.78. The molecule has 3 amide bonds. The van der Waals surface area contributed by atoms with Gasteiger partial charge in [0.25, 0.3) is 0 Å². The Kier molecular flexibility index (Phi) is 5.79.